The van der Waals surface area contributed by atoms with Crippen LogP contribution in [0.2, 0.25) is 0 Å². The summed E-state index contributed by atoms with van der Waals surface area (Å²) in [6.45, 7) is 6.17. The average molecular weight is 573 g/mol. The predicted octanol–water partition coefficient (Wildman–Crippen LogP) is 5.53. The minimum absolute atomic E-state index is 0.121. The molecule has 0 bridgehead atoms. The number of anilines is 1. The summed E-state index contributed by atoms with van der Waals surface area (Å²) in [6.07, 6.45) is 5.83. The van der Waals surface area contributed by atoms with Crippen LogP contribution in [0.1, 0.15) is 43.5 Å². The molecule has 0 spiro atoms. The molecule has 41 heavy (non-hydrogen) atoms. The number of fused-ring (bicyclic) bond motifs is 3. The van der Waals surface area contributed by atoms with Crippen molar-refractivity contribution in [2.75, 3.05) is 31.3 Å². The van der Waals surface area contributed by atoms with Crippen molar-refractivity contribution in [1.29, 1.82) is 0 Å². The van der Waals surface area contributed by atoms with Crippen LogP contribution in [-0.2, 0) is 21.6 Å². The largest absolute Gasteiger partial charge is 0.384 e. The summed E-state index contributed by atoms with van der Waals surface area (Å²) in [5, 5.41) is 12.9. The van der Waals surface area contributed by atoms with Gasteiger partial charge in [0, 0.05) is 50.5 Å². The van der Waals surface area contributed by atoms with Crippen LogP contribution in [0.3, 0.4) is 0 Å². The van der Waals surface area contributed by atoms with Gasteiger partial charge in [-0.15, -0.1) is 5.10 Å². The van der Waals surface area contributed by atoms with Gasteiger partial charge in [0.15, 0.2) is 9.84 Å². The fourth-order valence-corrected chi connectivity index (χ4v) is 7.16. The highest BCUT2D eigenvalue weighted by Crippen LogP contribution is 2.45. The van der Waals surface area contributed by atoms with Crippen LogP contribution in [0.25, 0.3) is 33.2 Å². The molecule has 0 radical (unpaired) electrons. The van der Waals surface area contributed by atoms with Crippen molar-refractivity contribution in [3.63, 3.8) is 0 Å². The lowest BCUT2D eigenvalue weighted by molar-refractivity contribution is 0.0552. The van der Waals surface area contributed by atoms with Gasteiger partial charge in [-0.3, -0.25) is 4.98 Å². The highest BCUT2D eigenvalue weighted by atomic mass is 32.2. The Hall–Kier alpha value is -3.76. The summed E-state index contributed by atoms with van der Waals surface area (Å²) in [6, 6.07) is 16.0. The van der Waals surface area contributed by atoms with E-state index in [1.165, 1.54) is 6.26 Å². The molecule has 4 heterocycles. The van der Waals surface area contributed by atoms with E-state index < -0.39 is 9.84 Å². The van der Waals surface area contributed by atoms with Gasteiger partial charge in [-0.05, 0) is 55.9 Å². The molecule has 0 aliphatic carbocycles. The molecule has 6 rings (SSSR count). The zero-order valence-electron chi connectivity index (χ0n) is 24.0. The van der Waals surface area contributed by atoms with E-state index in [9.17, 15) is 8.42 Å². The van der Waals surface area contributed by atoms with Crippen LogP contribution in [0.5, 0.6) is 0 Å². The quantitative estimate of drug-likeness (QED) is 0.261. The Bertz CT molecular complexity index is 1800. The van der Waals surface area contributed by atoms with Crippen LogP contribution in [0.15, 0.2) is 59.6 Å². The molecule has 1 N–H and O–H groups in total. The predicted molar refractivity (Wildman–Crippen MR) is 162 cm³/mol. The summed E-state index contributed by atoms with van der Waals surface area (Å²) in [5.74, 6) is 0.244. The van der Waals surface area contributed by atoms with E-state index in [0.717, 1.165) is 70.4 Å². The van der Waals surface area contributed by atoms with Gasteiger partial charge in [-0.1, -0.05) is 42.5 Å². The number of nitrogens with one attached hydrogen (secondary N) is 1. The minimum Gasteiger partial charge on any atom is -0.384 e. The number of pyridine rings is 1. The van der Waals surface area contributed by atoms with Crippen molar-refractivity contribution >= 4 is 37.5 Å². The molecule has 214 valence electrons. The number of aromatic nitrogens is 5. The molecular weight excluding hydrogens is 536 g/mol. The number of hydrogen-bond acceptors (Lipinski definition) is 7. The Morgan fingerprint density at radius 3 is 2.54 bits per heavy atom. The average Bonchev–Trinajstić information content (AvgIpc) is 3.48. The third-order valence-electron chi connectivity index (χ3n) is 8.11. The van der Waals surface area contributed by atoms with Gasteiger partial charge >= 0.3 is 0 Å². The van der Waals surface area contributed by atoms with Crippen molar-refractivity contribution in [1.82, 2.24) is 24.5 Å². The van der Waals surface area contributed by atoms with Crippen LogP contribution in [-0.4, -0.2) is 59.0 Å². The molecule has 1 aliphatic heterocycles. The van der Waals surface area contributed by atoms with Gasteiger partial charge in [0.1, 0.15) is 0 Å². The van der Waals surface area contributed by atoms with Crippen LogP contribution in [0.4, 0.5) is 5.69 Å². The SMILES string of the molecule is CCCNc1ccc(S(C)(=O)=O)c2c1c1ncc(-c3c(C)nnn3C)cc1n2[C@H](c1ccccc1)C1CCOCC1. The Kier molecular flexibility index (Phi) is 7.29. The summed E-state index contributed by atoms with van der Waals surface area (Å²) in [7, 11) is -1.70. The van der Waals surface area contributed by atoms with E-state index in [2.05, 4.69) is 57.5 Å². The molecule has 1 atom stereocenters. The number of ether oxygens (including phenoxy) is 1. The highest BCUT2D eigenvalue weighted by Gasteiger charge is 2.33. The Balaban J connectivity index is 1.78. The van der Waals surface area contributed by atoms with Crippen LogP contribution in [0, 0.1) is 12.8 Å². The molecule has 2 aromatic carbocycles. The maximum Gasteiger partial charge on any atom is 0.177 e. The first-order valence-electron chi connectivity index (χ1n) is 14.2. The summed E-state index contributed by atoms with van der Waals surface area (Å²) >= 11 is 0. The molecule has 0 amide bonds. The third-order valence-corrected chi connectivity index (χ3v) is 9.24. The molecule has 1 aliphatic rings. The fraction of sp³-hybridized carbons (Fsp3) is 0.387. The number of hydrogen-bond donors (Lipinski definition) is 1. The van der Waals surface area contributed by atoms with E-state index >= 15 is 0 Å². The first kappa shape index (κ1) is 27.4. The lowest BCUT2D eigenvalue weighted by atomic mass is 9.86. The van der Waals surface area contributed by atoms with Crippen molar-refractivity contribution in [2.45, 2.75) is 44.0 Å². The molecule has 9 nitrogen and oxygen atoms in total. The van der Waals surface area contributed by atoms with Gasteiger partial charge in [-0.25, -0.2) is 13.1 Å². The smallest absolute Gasteiger partial charge is 0.177 e. The maximum absolute atomic E-state index is 13.4. The second kappa shape index (κ2) is 10.9. The molecule has 3 aromatic heterocycles. The van der Waals surface area contributed by atoms with Crippen molar-refractivity contribution < 1.29 is 13.2 Å². The Morgan fingerprint density at radius 2 is 1.88 bits per heavy atom. The van der Waals surface area contributed by atoms with E-state index in [-0.39, 0.29) is 12.0 Å². The third kappa shape index (κ3) is 4.89. The second-order valence-electron chi connectivity index (χ2n) is 10.9. The van der Waals surface area contributed by atoms with Crippen molar-refractivity contribution in [3.05, 3.63) is 66.0 Å². The molecule has 10 heteroatoms. The normalized spacial score (nSPS) is 15.5. The lowest BCUT2D eigenvalue weighted by Gasteiger charge is -2.33. The molecular formula is C31H36N6O3S. The highest BCUT2D eigenvalue weighted by molar-refractivity contribution is 7.91. The number of aryl methyl sites for hydroxylation is 2. The van der Waals surface area contributed by atoms with E-state index in [1.807, 2.05) is 32.3 Å². The molecule has 0 unspecified atom stereocenters. The summed E-state index contributed by atoms with van der Waals surface area (Å²) in [5.41, 5.74) is 6.93. The van der Waals surface area contributed by atoms with Gasteiger partial charge in [-0.2, -0.15) is 0 Å². The number of benzene rings is 2. The van der Waals surface area contributed by atoms with E-state index in [1.54, 1.807) is 10.7 Å². The first-order chi connectivity index (χ1) is 19.8. The van der Waals surface area contributed by atoms with Gasteiger partial charge < -0.3 is 14.6 Å². The fourth-order valence-electron chi connectivity index (χ4n) is 6.30. The van der Waals surface area contributed by atoms with Gasteiger partial charge in [0.05, 0.1) is 44.3 Å². The molecule has 5 aromatic rings. The lowest BCUT2D eigenvalue weighted by Crippen LogP contribution is -2.27. The Labute approximate surface area is 240 Å². The zero-order valence-corrected chi connectivity index (χ0v) is 24.8. The van der Waals surface area contributed by atoms with Gasteiger partial charge in [0.25, 0.3) is 0 Å². The van der Waals surface area contributed by atoms with E-state index in [4.69, 9.17) is 9.72 Å². The molecule has 0 saturated carbocycles. The summed E-state index contributed by atoms with van der Waals surface area (Å²) < 4.78 is 36.5. The number of nitrogens with zero attached hydrogens (tertiary/aromatic N) is 5. The van der Waals surface area contributed by atoms with Crippen molar-refractivity contribution in [2.24, 2.45) is 13.0 Å². The van der Waals surface area contributed by atoms with Gasteiger partial charge in [0.2, 0.25) is 0 Å². The molecule has 1 fully saturated rings. The maximum atomic E-state index is 13.4. The van der Waals surface area contributed by atoms with E-state index in [0.29, 0.717) is 23.6 Å². The van der Waals surface area contributed by atoms with Crippen LogP contribution >= 0.6 is 0 Å². The summed E-state index contributed by atoms with van der Waals surface area (Å²) in [4.78, 5) is 5.34. The monoisotopic (exact) mass is 572 g/mol. The second-order valence-corrected chi connectivity index (χ2v) is 12.9. The number of rotatable bonds is 8. The van der Waals surface area contributed by atoms with Crippen LogP contribution < -0.4 is 5.32 Å². The molecule has 1 saturated heterocycles. The number of sulfone groups is 1. The standard InChI is InChI=1S/C31H36N6O3S/c1-5-15-32-24-11-12-26(41(4,38)39)31-27(24)28-25(18-23(19-33-28)29-20(2)34-35-36(29)3)37(31)30(21-9-7-6-8-10-21)22-13-16-40-17-14-22/h6-12,18-19,22,30,32H,5,13-17H2,1-4H3/t30-/m1/s1. The first-order valence-corrected chi connectivity index (χ1v) is 16.1. The topological polar surface area (TPSA) is 104 Å². The zero-order chi connectivity index (χ0) is 28.7. The minimum atomic E-state index is -3.58. The van der Waals surface area contributed by atoms with Crippen molar-refractivity contribution in [3.8, 4) is 11.3 Å². The Morgan fingerprint density at radius 1 is 1.12 bits per heavy atom.